The lowest BCUT2D eigenvalue weighted by atomic mass is 10.4. The lowest BCUT2D eigenvalue weighted by Crippen LogP contribution is -2.44. The van der Waals surface area contributed by atoms with Crippen molar-refractivity contribution in [1.29, 1.82) is 0 Å². The number of hydrogen-bond donors (Lipinski definition) is 1. The molecule has 4 nitrogen and oxygen atoms in total. The fourth-order valence-electron chi connectivity index (χ4n) is 1.51. The van der Waals surface area contributed by atoms with Crippen LogP contribution in [0.1, 0.15) is 0 Å². The Hall–Kier alpha value is -0.420. The maximum atomic E-state index is 5.46. The fraction of sp³-hybridized carbons (Fsp3) is 0.818. The minimum absolute atomic E-state index is 0.612. The first-order valence-electron chi connectivity index (χ1n) is 5.63. The van der Waals surface area contributed by atoms with E-state index < -0.39 is 0 Å². The molecule has 15 heavy (non-hydrogen) atoms. The summed E-state index contributed by atoms with van der Waals surface area (Å²) >= 11 is 0. The van der Waals surface area contributed by atoms with Crippen molar-refractivity contribution >= 4 is 0 Å². The molecule has 1 N–H and O–H groups in total. The van der Waals surface area contributed by atoms with E-state index in [0.29, 0.717) is 19.8 Å². The standard InChI is InChI=1S/C11H22N2O2/c1-2-8-14-10-11-15-9-7-13-5-3-12-4-6-13/h2,12H,1,3-11H2. The topological polar surface area (TPSA) is 33.7 Å². The molecule has 0 unspecified atom stereocenters. The highest BCUT2D eigenvalue weighted by atomic mass is 16.5. The Kier molecular flexibility index (Phi) is 7.47. The van der Waals surface area contributed by atoms with Crippen LogP contribution in [0.25, 0.3) is 0 Å². The molecule has 0 aromatic carbocycles. The van der Waals surface area contributed by atoms with E-state index in [9.17, 15) is 0 Å². The Morgan fingerprint density at radius 3 is 2.60 bits per heavy atom. The van der Waals surface area contributed by atoms with Crippen molar-refractivity contribution in [2.75, 3.05) is 59.2 Å². The maximum Gasteiger partial charge on any atom is 0.0704 e. The molecule has 1 heterocycles. The third-order valence-corrected chi connectivity index (χ3v) is 2.37. The molecule has 0 aliphatic carbocycles. The molecule has 0 aromatic rings. The molecule has 88 valence electrons. The van der Waals surface area contributed by atoms with Crippen molar-refractivity contribution in [2.24, 2.45) is 0 Å². The summed E-state index contributed by atoms with van der Waals surface area (Å²) < 4.78 is 10.7. The normalized spacial score (nSPS) is 17.9. The van der Waals surface area contributed by atoms with Gasteiger partial charge in [-0.05, 0) is 0 Å². The Labute approximate surface area is 92.2 Å². The largest absolute Gasteiger partial charge is 0.378 e. The first kappa shape index (κ1) is 12.6. The molecule has 1 aliphatic rings. The van der Waals surface area contributed by atoms with Crippen molar-refractivity contribution in [3.8, 4) is 0 Å². The van der Waals surface area contributed by atoms with E-state index in [1.165, 1.54) is 0 Å². The van der Waals surface area contributed by atoms with E-state index in [-0.39, 0.29) is 0 Å². The highest BCUT2D eigenvalue weighted by molar-refractivity contribution is 4.66. The zero-order valence-electron chi connectivity index (χ0n) is 9.41. The van der Waals surface area contributed by atoms with Gasteiger partial charge in [0.05, 0.1) is 26.4 Å². The molecular formula is C11H22N2O2. The van der Waals surface area contributed by atoms with E-state index >= 15 is 0 Å². The van der Waals surface area contributed by atoms with E-state index in [1.54, 1.807) is 6.08 Å². The van der Waals surface area contributed by atoms with Gasteiger partial charge in [-0.3, -0.25) is 4.90 Å². The number of nitrogens with zero attached hydrogens (tertiary/aromatic N) is 1. The van der Waals surface area contributed by atoms with Gasteiger partial charge >= 0.3 is 0 Å². The van der Waals surface area contributed by atoms with Crippen molar-refractivity contribution in [2.45, 2.75) is 0 Å². The maximum absolute atomic E-state index is 5.46. The van der Waals surface area contributed by atoms with E-state index in [2.05, 4.69) is 16.8 Å². The van der Waals surface area contributed by atoms with Crippen molar-refractivity contribution < 1.29 is 9.47 Å². The summed E-state index contributed by atoms with van der Waals surface area (Å²) in [6.45, 7) is 11.8. The Morgan fingerprint density at radius 1 is 1.13 bits per heavy atom. The Morgan fingerprint density at radius 2 is 1.87 bits per heavy atom. The second-order valence-electron chi connectivity index (χ2n) is 3.57. The monoisotopic (exact) mass is 214 g/mol. The number of nitrogens with one attached hydrogen (secondary N) is 1. The van der Waals surface area contributed by atoms with Gasteiger partial charge in [0.15, 0.2) is 0 Å². The minimum atomic E-state index is 0.612. The van der Waals surface area contributed by atoms with Crippen LogP contribution in [0.3, 0.4) is 0 Å². The molecule has 1 aliphatic heterocycles. The molecular weight excluding hydrogens is 192 g/mol. The highest BCUT2D eigenvalue weighted by Crippen LogP contribution is 1.91. The lowest BCUT2D eigenvalue weighted by molar-refractivity contribution is 0.0460. The second kappa shape index (κ2) is 8.85. The van der Waals surface area contributed by atoms with Gasteiger partial charge in [0.2, 0.25) is 0 Å². The van der Waals surface area contributed by atoms with Gasteiger partial charge in [-0.1, -0.05) is 6.08 Å². The summed E-state index contributed by atoms with van der Waals surface area (Å²) in [7, 11) is 0. The molecule has 4 heteroatoms. The fourth-order valence-corrected chi connectivity index (χ4v) is 1.51. The number of piperazine rings is 1. The van der Waals surface area contributed by atoms with Crippen molar-refractivity contribution in [3.63, 3.8) is 0 Å². The van der Waals surface area contributed by atoms with Crippen LogP contribution in [0, 0.1) is 0 Å². The van der Waals surface area contributed by atoms with Gasteiger partial charge in [-0.2, -0.15) is 0 Å². The van der Waals surface area contributed by atoms with E-state index in [4.69, 9.17) is 9.47 Å². The van der Waals surface area contributed by atoms with Gasteiger partial charge < -0.3 is 14.8 Å². The van der Waals surface area contributed by atoms with Gasteiger partial charge in [0, 0.05) is 32.7 Å². The van der Waals surface area contributed by atoms with Crippen LogP contribution in [0.4, 0.5) is 0 Å². The molecule has 1 fully saturated rings. The third kappa shape index (κ3) is 6.62. The average molecular weight is 214 g/mol. The molecule has 0 saturated carbocycles. The first-order chi connectivity index (χ1) is 7.43. The van der Waals surface area contributed by atoms with Crippen molar-refractivity contribution in [1.82, 2.24) is 10.2 Å². The van der Waals surface area contributed by atoms with E-state index in [0.717, 1.165) is 39.3 Å². The first-order valence-corrected chi connectivity index (χ1v) is 5.63. The van der Waals surface area contributed by atoms with Gasteiger partial charge in [-0.25, -0.2) is 0 Å². The van der Waals surface area contributed by atoms with Crippen LogP contribution in [0.5, 0.6) is 0 Å². The van der Waals surface area contributed by atoms with Crippen LogP contribution < -0.4 is 5.32 Å². The quantitative estimate of drug-likeness (QED) is 0.459. The lowest BCUT2D eigenvalue weighted by Gasteiger charge is -2.26. The summed E-state index contributed by atoms with van der Waals surface area (Å²) in [5.74, 6) is 0. The van der Waals surface area contributed by atoms with E-state index in [1.807, 2.05) is 0 Å². The molecule has 1 rings (SSSR count). The zero-order chi connectivity index (χ0) is 10.8. The molecule has 0 spiro atoms. The zero-order valence-corrected chi connectivity index (χ0v) is 9.41. The number of ether oxygens (including phenoxy) is 2. The smallest absolute Gasteiger partial charge is 0.0704 e. The predicted octanol–water partition coefficient (Wildman–Crippen LogP) is 0.111. The predicted molar refractivity (Wildman–Crippen MR) is 61.1 cm³/mol. The van der Waals surface area contributed by atoms with Crippen molar-refractivity contribution in [3.05, 3.63) is 12.7 Å². The number of rotatable bonds is 8. The summed E-state index contributed by atoms with van der Waals surface area (Å²) in [4.78, 5) is 2.42. The summed E-state index contributed by atoms with van der Waals surface area (Å²) in [5, 5.41) is 3.33. The third-order valence-electron chi connectivity index (χ3n) is 2.37. The van der Waals surface area contributed by atoms with Crippen LogP contribution in [-0.2, 0) is 9.47 Å². The molecule has 0 amide bonds. The molecule has 1 saturated heterocycles. The SMILES string of the molecule is C=CCOCCOCCN1CCNCC1. The molecule has 0 bridgehead atoms. The molecule has 0 atom stereocenters. The van der Waals surface area contributed by atoms with Crippen LogP contribution in [0.2, 0.25) is 0 Å². The summed E-state index contributed by atoms with van der Waals surface area (Å²) in [5.41, 5.74) is 0. The highest BCUT2D eigenvalue weighted by Gasteiger charge is 2.07. The van der Waals surface area contributed by atoms with Crippen LogP contribution >= 0.6 is 0 Å². The summed E-state index contributed by atoms with van der Waals surface area (Å²) in [6.07, 6.45) is 1.75. The minimum Gasteiger partial charge on any atom is -0.378 e. The van der Waals surface area contributed by atoms with Crippen LogP contribution in [-0.4, -0.2) is 64.1 Å². The van der Waals surface area contributed by atoms with Gasteiger partial charge in [-0.15, -0.1) is 6.58 Å². The molecule has 0 aromatic heterocycles. The van der Waals surface area contributed by atoms with Gasteiger partial charge in [0.25, 0.3) is 0 Å². The Bertz CT molecular complexity index is 159. The number of hydrogen-bond acceptors (Lipinski definition) is 4. The Balaban J connectivity index is 1.81. The molecule has 0 radical (unpaired) electrons. The average Bonchev–Trinajstić information content (AvgIpc) is 2.29. The summed E-state index contributed by atoms with van der Waals surface area (Å²) in [6, 6.07) is 0. The second-order valence-corrected chi connectivity index (χ2v) is 3.57. The van der Waals surface area contributed by atoms with Gasteiger partial charge in [0.1, 0.15) is 0 Å². The van der Waals surface area contributed by atoms with Crippen LogP contribution in [0.15, 0.2) is 12.7 Å².